The summed E-state index contributed by atoms with van der Waals surface area (Å²) in [6, 6.07) is 4.36. The highest BCUT2D eigenvalue weighted by atomic mass is 16.4. The van der Waals surface area contributed by atoms with Crippen LogP contribution in [0, 0.1) is 40.5 Å². The molecule has 154 valence electrons. The molecule has 4 rings (SSSR count). The molecular formula is C24H31N3O2. The van der Waals surface area contributed by atoms with Gasteiger partial charge < -0.3 is 9.32 Å². The summed E-state index contributed by atoms with van der Waals surface area (Å²) in [6.07, 6.45) is 3.41. The van der Waals surface area contributed by atoms with Crippen molar-refractivity contribution in [2.45, 2.75) is 60.8 Å². The molecule has 0 spiro atoms. The summed E-state index contributed by atoms with van der Waals surface area (Å²) < 4.78 is 8.01. The van der Waals surface area contributed by atoms with E-state index in [4.69, 9.17) is 9.52 Å². The third-order valence-corrected chi connectivity index (χ3v) is 5.90. The van der Waals surface area contributed by atoms with Gasteiger partial charge in [-0.05, 0) is 70.9 Å². The first-order valence-electron chi connectivity index (χ1n) is 10.7. The quantitative estimate of drug-likeness (QED) is 0.563. The van der Waals surface area contributed by atoms with Gasteiger partial charge in [-0.1, -0.05) is 24.6 Å². The van der Waals surface area contributed by atoms with Crippen LogP contribution in [0.3, 0.4) is 0 Å². The zero-order chi connectivity index (χ0) is 20.9. The predicted octanol–water partition coefficient (Wildman–Crippen LogP) is 5.40. The van der Waals surface area contributed by atoms with E-state index in [1.54, 1.807) is 0 Å². The number of carbonyl (C=O) groups is 1. The topological polar surface area (TPSA) is 50.8 Å². The number of fused-ring (bicyclic) bond motifs is 1. The number of benzene rings is 1. The minimum Gasteiger partial charge on any atom is -0.440 e. The van der Waals surface area contributed by atoms with E-state index in [1.165, 1.54) is 29.5 Å². The van der Waals surface area contributed by atoms with Gasteiger partial charge in [0, 0.05) is 18.7 Å². The fraction of sp³-hybridized carbons (Fsp3) is 0.500. The van der Waals surface area contributed by atoms with Crippen LogP contribution in [0.5, 0.6) is 0 Å². The second-order valence-electron chi connectivity index (χ2n) is 8.65. The molecule has 5 heteroatoms. The molecule has 0 N–H and O–H groups in total. The molecule has 1 aromatic carbocycles. The van der Waals surface area contributed by atoms with Gasteiger partial charge in [-0.2, -0.15) is 9.61 Å². The second kappa shape index (κ2) is 7.36. The highest BCUT2D eigenvalue weighted by Crippen LogP contribution is 2.35. The lowest BCUT2D eigenvalue weighted by atomic mass is 9.97. The van der Waals surface area contributed by atoms with Gasteiger partial charge in [0.05, 0.1) is 5.69 Å². The molecule has 1 saturated carbocycles. The summed E-state index contributed by atoms with van der Waals surface area (Å²) in [5.74, 6) is 1.49. The van der Waals surface area contributed by atoms with E-state index in [9.17, 15) is 4.79 Å². The molecule has 2 aromatic heterocycles. The largest absolute Gasteiger partial charge is 0.440 e. The molecule has 3 aromatic rings. The van der Waals surface area contributed by atoms with Crippen LogP contribution in [0.25, 0.3) is 17.0 Å². The monoisotopic (exact) mass is 393 g/mol. The van der Waals surface area contributed by atoms with Gasteiger partial charge >= 0.3 is 0 Å². The maximum absolute atomic E-state index is 13.4. The summed E-state index contributed by atoms with van der Waals surface area (Å²) in [4.78, 5) is 15.4. The fourth-order valence-electron chi connectivity index (χ4n) is 4.49. The molecule has 0 saturated heterocycles. The molecule has 0 bridgehead atoms. The predicted molar refractivity (Wildman–Crippen MR) is 115 cm³/mol. The maximum atomic E-state index is 13.4. The van der Waals surface area contributed by atoms with Crippen molar-refractivity contribution in [3.8, 4) is 11.3 Å². The van der Waals surface area contributed by atoms with Crippen molar-refractivity contribution < 1.29 is 9.21 Å². The van der Waals surface area contributed by atoms with E-state index in [0.717, 1.165) is 42.2 Å². The van der Waals surface area contributed by atoms with Gasteiger partial charge in [0.2, 0.25) is 5.71 Å². The molecule has 1 fully saturated rings. The van der Waals surface area contributed by atoms with E-state index in [0.29, 0.717) is 17.2 Å². The molecule has 29 heavy (non-hydrogen) atoms. The zero-order valence-corrected chi connectivity index (χ0v) is 18.4. The summed E-state index contributed by atoms with van der Waals surface area (Å²) in [6.45, 7) is 13.9. The Kier molecular flexibility index (Phi) is 5.01. The number of hydrogen-bond acceptors (Lipinski definition) is 3. The molecule has 2 heterocycles. The first-order valence-corrected chi connectivity index (χ1v) is 10.7. The number of aromatic nitrogens is 2. The van der Waals surface area contributed by atoms with Gasteiger partial charge in [0.1, 0.15) is 17.0 Å². The van der Waals surface area contributed by atoms with E-state index in [2.05, 4.69) is 39.8 Å². The van der Waals surface area contributed by atoms with Crippen molar-refractivity contribution in [1.29, 1.82) is 0 Å². The van der Waals surface area contributed by atoms with Crippen LogP contribution >= 0.6 is 0 Å². The van der Waals surface area contributed by atoms with Gasteiger partial charge in [0.25, 0.3) is 5.91 Å². The third-order valence-electron chi connectivity index (χ3n) is 5.90. The lowest BCUT2D eigenvalue weighted by Crippen LogP contribution is -2.33. The van der Waals surface area contributed by atoms with Crippen LogP contribution in [0.2, 0.25) is 0 Å². The molecule has 0 aliphatic heterocycles. The van der Waals surface area contributed by atoms with E-state index >= 15 is 0 Å². The van der Waals surface area contributed by atoms with Crippen LogP contribution in [0.4, 0.5) is 0 Å². The number of nitrogens with zero attached hydrogens (tertiary/aromatic N) is 3. The minimum absolute atomic E-state index is 0.0453. The fourth-order valence-corrected chi connectivity index (χ4v) is 4.49. The average Bonchev–Trinajstić information content (AvgIpc) is 3.33. The lowest BCUT2D eigenvalue weighted by molar-refractivity contribution is 0.0747. The van der Waals surface area contributed by atoms with E-state index in [1.807, 2.05) is 23.3 Å². The molecule has 5 nitrogen and oxygen atoms in total. The summed E-state index contributed by atoms with van der Waals surface area (Å²) >= 11 is 0. The number of carbonyl (C=O) groups excluding carboxylic acids is 1. The van der Waals surface area contributed by atoms with Crippen LogP contribution < -0.4 is 0 Å². The molecule has 1 aliphatic carbocycles. The standard InChI is InChI=1S/C24H31N3O2/c1-7-10-26(13-19-8-9-19)23(28)21-17(5)25-27-22(18(6)29-24(21)27)20-15(3)11-14(2)12-16(20)4/h11-12,19H,7-10,13H2,1-6H3. The minimum atomic E-state index is 0.0453. The Labute approximate surface area is 172 Å². The maximum Gasteiger partial charge on any atom is 0.261 e. The summed E-state index contributed by atoms with van der Waals surface area (Å²) in [5.41, 5.74) is 7.61. The zero-order valence-electron chi connectivity index (χ0n) is 18.4. The van der Waals surface area contributed by atoms with Gasteiger partial charge in [-0.25, -0.2) is 0 Å². The normalized spacial score (nSPS) is 14.0. The molecule has 0 unspecified atom stereocenters. The number of aryl methyl sites for hydroxylation is 5. The highest BCUT2D eigenvalue weighted by molar-refractivity contribution is 6.01. The van der Waals surface area contributed by atoms with Gasteiger partial charge in [-0.3, -0.25) is 4.79 Å². The summed E-state index contributed by atoms with van der Waals surface area (Å²) in [5, 5.41) is 4.75. The van der Waals surface area contributed by atoms with Gasteiger partial charge in [-0.15, -0.1) is 0 Å². The second-order valence-corrected chi connectivity index (χ2v) is 8.65. The number of amides is 1. The SMILES string of the molecule is CCCN(CC1CC1)C(=O)c1c(C)nn2c(-c3c(C)cc(C)cc3C)c(C)oc12. The Morgan fingerprint density at radius 1 is 1.17 bits per heavy atom. The molecule has 0 radical (unpaired) electrons. The van der Waals surface area contributed by atoms with Gasteiger partial charge in [0.15, 0.2) is 0 Å². The molecule has 1 amide bonds. The van der Waals surface area contributed by atoms with E-state index in [-0.39, 0.29) is 5.91 Å². The van der Waals surface area contributed by atoms with Crippen molar-refractivity contribution in [1.82, 2.24) is 14.5 Å². The number of hydrogen-bond donors (Lipinski definition) is 0. The van der Waals surface area contributed by atoms with Crippen molar-refractivity contribution in [2.75, 3.05) is 13.1 Å². The number of rotatable bonds is 6. The Morgan fingerprint density at radius 2 is 1.83 bits per heavy atom. The van der Waals surface area contributed by atoms with Crippen LogP contribution in [0.1, 0.15) is 64.7 Å². The van der Waals surface area contributed by atoms with E-state index < -0.39 is 0 Å². The smallest absolute Gasteiger partial charge is 0.261 e. The Hall–Kier alpha value is -2.56. The van der Waals surface area contributed by atoms with Crippen molar-refractivity contribution >= 4 is 11.6 Å². The van der Waals surface area contributed by atoms with Crippen molar-refractivity contribution in [3.05, 3.63) is 45.8 Å². The molecule has 1 aliphatic rings. The van der Waals surface area contributed by atoms with Crippen LogP contribution in [-0.2, 0) is 0 Å². The first kappa shape index (κ1) is 19.7. The lowest BCUT2D eigenvalue weighted by Gasteiger charge is -2.21. The summed E-state index contributed by atoms with van der Waals surface area (Å²) in [7, 11) is 0. The Balaban J connectivity index is 1.84. The molecular weight excluding hydrogens is 362 g/mol. The first-order chi connectivity index (χ1) is 13.8. The van der Waals surface area contributed by atoms with Crippen LogP contribution in [-0.4, -0.2) is 33.5 Å². The third kappa shape index (κ3) is 3.47. The van der Waals surface area contributed by atoms with Crippen molar-refractivity contribution in [3.63, 3.8) is 0 Å². The molecule has 0 atom stereocenters. The Morgan fingerprint density at radius 3 is 2.41 bits per heavy atom. The van der Waals surface area contributed by atoms with Crippen molar-refractivity contribution in [2.24, 2.45) is 5.92 Å². The average molecular weight is 394 g/mol. The Bertz CT molecular complexity index is 1060. The number of oxazole rings is 1. The van der Waals surface area contributed by atoms with Crippen LogP contribution in [0.15, 0.2) is 16.5 Å². The highest BCUT2D eigenvalue weighted by Gasteiger charge is 2.31.